The summed E-state index contributed by atoms with van der Waals surface area (Å²) in [6.07, 6.45) is 0. The first-order valence-corrected chi connectivity index (χ1v) is 6.27. The van der Waals surface area contributed by atoms with Crippen molar-refractivity contribution in [3.63, 3.8) is 0 Å². The lowest BCUT2D eigenvalue weighted by atomic mass is 10.2. The van der Waals surface area contributed by atoms with Crippen LogP contribution >= 0.6 is 23.1 Å². The van der Waals surface area contributed by atoms with Crippen molar-refractivity contribution in [3.8, 4) is 5.75 Å². The van der Waals surface area contributed by atoms with Crippen molar-refractivity contribution >= 4 is 29.0 Å². The van der Waals surface area contributed by atoms with Crippen LogP contribution in [0, 0.1) is 0 Å². The molecule has 0 aliphatic rings. The van der Waals surface area contributed by atoms with Crippen LogP contribution in [0.4, 0.5) is 0 Å². The Labute approximate surface area is 113 Å². The van der Waals surface area contributed by atoms with Gasteiger partial charge in [-0.3, -0.25) is 4.79 Å². The Morgan fingerprint density at radius 2 is 2.17 bits per heavy atom. The van der Waals surface area contributed by atoms with Crippen LogP contribution in [0.15, 0.2) is 24.3 Å². The lowest BCUT2D eigenvalue weighted by molar-refractivity contribution is 0.0963. The largest absolute Gasteiger partial charge is 0.487 e. The second-order valence-electron chi connectivity index (χ2n) is 3.39. The molecule has 2 aromatic rings. The first kappa shape index (κ1) is 12.8. The molecule has 94 valence electrons. The number of amides is 1. The van der Waals surface area contributed by atoms with Crippen molar-refractivity contribution in [1.29, 1.82) is 0 Å². The molecular weight excluding hydrogens is 274 g/mol. The number of nitrogens with one attached hydrogen (secondary N) is 1. The van der Waals surface area contributed by atoms with E-state index in [1.54, 1.807) is 31.3 Å². The zero-order valence-electron chi connectivity index (χ0n) is 9.51. The first-order valence-electron chi connectivity index (χ1n) is 5.12. The zero-order chi connectivity index (χ0) is 13.0. The van der Waals surface area contributed by atoms with E-state index in [4.69, 9.17) is 16.3 Å². The maximum atomic E-state index is 11.3. The van der Waals surface area contributed by atoms with Gasteiger partial charge < -0.3 is 10.1 Å². The number of hydrogen-bond acceptors (Lipinski definition) is 5. The molecule has 0 aliphatic heterocycles. The molecule has 0 spiro atoms. The van der Waals surface area contributed by atoms with Gasteiger partial charge in [0.25, 0.3) is 5.91 Å². The monoisotopic (exact) mass is 283 g/mol. The van der Waals surface area contributed by atoms with Crippen LogP contribution in [0.5, 0.6) is 5.75 Å². The molecule has 0 unspecified atom stereocenters. The van der Waals surface area contributed by atoms with Gasteiger partial charge in [-0.1, -0.05) is 16.1 Å². The van der Waals surface area contributed by atoms with Gasteiger partial charge in [-0.2, -0.15) is 0 Å². The summed E-state index contributed by atoms with van der Waals surface area (Å²) in [5, 5.41) is 6.39. The Kier molecular flexibility index (Phi) is 4.11. The molecule has 0 saturated heterocycles. The summed E-state index contributed by atoms with van der Waals surface area (Å²) >= 11 is 6.97. The summed E-state index contributed by atoms with van der Waals surface area (Å²) in [5.74, 6) is 0.514. The second kappa shape index (κ2) is 5.79. The highest BCUT2D eigenvalue weighted by Gasteiger charge is 2.07. The van der Waals surface area contributed by atoms with Crippen LogP contribution in [0.2, 0.25) is 4.34 Å². The number of hydrogen-bond donors (Lipinski definition) is 1. The highest BCUT2D eigenvalue weighted by atomic mass is 35.5. The van der Waals surface area contributed by atoms with Crippen LogP contribution in [0.1, 0.15) is 16.1 Å². The van der Waals surface area contributed by atoms with E-state index >= 15 is 0 Å². The topological polar surface area (TPSA) is 64.1 Å². The smallest absolute Gasteiger partial charge is 0.251 e. The van der Waals surface area contributed by atoms with Gasteiger partial charge in [0.15, 0.2) is 0 Å². The van der Waals surface area contributed by atoms with Gasteiger partial charge in [-0.15, -0.1) is 5.10 Å². The molecule has 0 atom stereocenters. The van der Waals surface area contributed by atoms with Gasteiger partial charge in [0.05, 0.1) is 0 Å². The summed E-state index contributed by atoms with van der Waals surface area (Å²) < 4.78 is 9.72. The molecule has 7 heteroatoms. The second-order valence-corrected chi connectivity index (χ2v) is 4.74. The molecule has 1 aromatic heterocycles. The number of ether oxygens (including phenoxy) is 1. The number of carbonyl (C=O) groups is 1. The van der Waals surface area contributed by atoms with Crippen molar-refractivity contribution in [2.24, 2.45) is 0 Å². The minimum atomic E-state index is -0.131. The van der Waals surface area contributed by atoms with Gasteiger partial charge in [0.2, 0.25) is 0 Å². The van der Waals surface area contributed by atoms with Crippen molar-refractivity contribution in [3.05, 3.63) is 39.9 Å². The highest BCUT2D eigenvalue weighted by molar-refractivity contribution is 7.10. The molecule has 0 bridgehead atoms. The number of benzene rings is 1. The Morgan fingerprint density at radius 1 is 1.44 bits per heavy atom. The highest BCUT2D eigenvalue weighted by Crippen LogP contribution is 2.20. The average molecular weight is 284 g/mol. The van der Waals surface area contributed by atoms with E-state index < -0.39 is 0 Å². The molecule has 1 N–H and O–H groups in total. The maximum Gasteiger partial charge on any atom is 0.251 e. The normalized spacial score (nSPS) is 10.1. The van der Waals surface area contributed by atoms with E-state index in [0.717, 1.165) is 11.5 Å². The molecule has 1 amide bonds. The lowest BCUT2D eigenvalue weighted by Gasteiger charge is -2.05. The fourth-order valence-corrected chi connectivity index (χ4v) is 1.88. The van der Waals surface area contributed by atoms with Crippen molar-refractivity contribution in [2.45, 2.75) is 6.61 Å². The minimum Gasteiger partial charge on any atom is -0.487 e. The van der Waals surface area contributed by atoms with Gasteiger partial charge >= 0.3 is 0 Å². The fourth-order valence-electron chi connectivity index (χ4n) is 1.28. The molecule has 1 heterocycles. The summed E-state index contributed by atoms with van der Waals surface area (Å²) in [6, 6.07) is 6.82. The van der Waals surface area contributed by atoms with Crippen molar-refractivity contribution in [2.75, 3.05) is 7.05 Å². The van der Waals surface area contributed by atoms with E-state index in [1.165, 1.54) is 0 Å². The Balaban J connectivity index is 1.98. The number of aromatic nitrogens is 2. The third-order valence-electron chi connectivity index (χ3n) is 2.23. The van der Waals surface area contributed by atoms with Crippen LogP contribution in [0.3, 0.4) is 0 Å². The van der Waals surface area contributed by atoms with Crippen LogP contribution < -0.4 is 10.1 Å². The van der Waals surface area contributed by atoms with Gasteiger partial charge in [0.1, 0.15) is 22.4 Å². The van der Waals surface area contributed by atoms with Crippen LogP contribution in [-0.2, 0) is 6.61 Å². The number of rotatable bonds is 4. The SMILES string of the molecule is CNC(=O)c1ccc(OCc2nnsc2Cl)cc1. The first-order chi connectivity index (χ1) is 8.70. The van der Waals surface area contributed by atoms with E-state index in [2.05, 4.69) is 14.9 Å². The zero-order valence-corrected chi connectivity index (χ0v) is 11.1. The quantitative estimate of drug-likeness (QED) is 0.934. The molecule has 18 heavy (non-hydrogen) atoms. The Bertz CT molecular complexity index is 541. The van der Waals surface area contributed by atoms with E-state index in [9.17, 15) is 4.79 Å². The van der Waals surface area contributed by atoms with E-state index in [0.29, 0.717) is 21.3 Å². The van der Waals surface area contributed by atoms with Crippen LogP contribution in [-0.4, -0.2) is 22.5 Å². The lowest BCUT2D eigenvalue weighted by Crippen LogP contribution is -2.17. The average Bonchev–Trinajstić information content (AvgIpc) is 2.81. The molecule has 0 fully saturated rings. The van der Waals surface area contributed by atoms with Crippen molar-refractivity contribution in [1.82, 2.24) is 14.9 Å². The maximum absolute atomic E-state index is 11.3. The standard InChI is InChI=1S/C11H10ClN3O2S/c1-13-11(16)7-2-4-8(5-3-7)17-6-9-10(12)18-15-14-9/h2-5H,6H2,1H3,(H,13,16). The third kappa shape index (κ3) is 2.96. The summed E-state index contributed by atoms with van der Waals surface area (Å²) in [6.45, 7) is 0.259. The minimum absolute atomic E-state index is 0.131. The number of carbonyl (C=O) groups excluding carboxylic acids is 1. The molecular formula is C11H10ClN3O2S. The molecule has 0 radical (unpaired) electrons. The Hall–Kier alpha value is -1.66. The molecule has 1 aromatic carbocycles. The number of halogens is 1. The molecule has 0 aliphatic carbocycles. The molecule has 2 rings (SSSR count). The molecule has 5 nitrogen and oxygen atoms in total. The predicted molar refractivity (Wildman–Crippen MR) is 69.1 cm³/mol. The Morgan fingerprint density at radius 3 is 2.72 bits per heavy atom. The number of nitrogens with zero attached hydrogens (tertiary/aromatic N) is 2. The van der Waals surface area contributed by atoms with E-state index in [1.807, 2.05) is 0 Å². The third-order valence-corrected chi connectivity index (χ3v) is 3.21. The van der Waals surface area contributed by atoms with Gasteiger partial charge in [0, 0.05) is 24.1 Å². The van der Waals surface area contributed by atoms with Gasteiger partial charge in [-0.25, -0.2) is 0 Å². The summed E-state index contributed by atoms with van der Waals surface area (Å²) in [5.41, 5.74) is 1.19. The van der Waals surface area contributed by atoms with Crippen LogP contribution in [0.25, 0.3) is 0 Å². The van der Waals surface area contributed by atoms with Crippen molar-refractivity contribution < 1.29 is 9.53 Å². The van der Waals surface area contributed by atoms with Gasteiger partial charge in [-0.05, 0) is 24.3 Å². The summed E-state index contributed by atoms with van der Waals surface area (Å²) in [4.78, 5) is 11.3. The summed E-state index contributed by atoms with van der Waals surface area (Å²) in [7, 11) is 1.59. The molecule has 0 saturated carbocycles. The fraction of sp³-hybridized carbons (Fsp3) is 0.182. The predicted octanol–water partition coefficient (Wildman–Crippen LogP) is 2.13. The van der Waals surface area contributed by atoms with E-state index in [-0.39, 0.29) is 12.5 Å².